The van der Waals surface area contributed by atoms with E-state index >= 15 is 4.79 Å². The number of aromatic nitrogens is 3. The van der Waals surface area contributed by atoms with E-state index in [-0.39, 0.29) is 41.9 Å². The number of nitrogens with zero attached hydrogens (tertiary/aromatic N) is 6. The first kappa shape index (κ1) is 37.1. The molecular weight excluding hydrogens is 713 g/mol. The van der Waals surface area contributed by atoms with Crippen molar-refractivity contribution in [3.8, 4) is 5.75 Å². The lowest BCUT2D eigenvalue weighted by Gasteiger charge is -2.37. The molecule has 3 fully saturated rings. The van der Waals surface area contributed by atoms with Gasteiger partial charge >= 0.3 is 0 Å². The zero-order chi connectivity index (χ0) is 38.5. The third kappa shape index (κ3) is 6.45. The molecule has 55 heavy (non-hydrogen) atoms. The average Bonchev–Trinajstić information content (AvgIpc) is 4.02. The van der Waals surface area contributed by atoms with Crippen molar-refractivity contribution < 1.29 is 29.0 Å². The minimum absolute atomic E-state index is 0.000510. The normalized spacial score (nSPS) is 23.8. The molecule has 13 heteroatoms. The summed E-state index contributed by atoms with van der Waals surface area (Å²) in [6.45, 7) is 9.14. The van der Waals surface area contributed by atoms with Gasteiger partial charge in [-0.15, -0.1) is 5.10 Å². The molecule has 0 unspecified atom stereocenters. The van der Waals surface area contributed by atoms with E-state index < -0.39 is 13.7 Å². The molecule has 1 spiro atoms. The number of anilines is 3. The van der Waals surface area contributed by atoms with Crippen molar-refractivity contribution in [3.63, 3.8) is 0 Å². The maximum absolute atomic E-state index is 15.4. The Labute approximate surface area is 323 Å². The van der Waals surface area contributed by atoms with E-state index in [9.17, 15) is 14.7 Å². The highest BCUT2D eigenvalue weighted by Crippen LogP contribution is 2.60. The van der Waals surface area contributed by atoms with Crippen molar-refractivity contribution in [2.45, 2.75) is 88.9 Å². The number of ether oxygens (including phenoxy) is 2. The third-order valence-corrected chi connectivity index (χ3v) is 16.8. The van der Waals surface area contributed by atoms with E-state index in [0.29, 0.717) is 45.3 Å². The van der Waals surface area contributed by atoms with Gasteiger partial charge in [0.15, 0.2) is 5.60 Å². The molecule has 1 N–H and O–H groups in total. The molecule has 288 valence electrons. The van der Waals surface area contributed by atoms with Crippen LogP contribution in [0.1, 0.15) is 55.8 Å². The van der Waals surface area contributed by atoms with Crippen molar-refractivity contribution in [2.24, 2.45) is 5.92 Å². The molecule has 3 saturated heterocycles. The molecule has 3 aromatic carbocycles. The fourth-order valence-electron chi connectivity index (χ4n) is 9.64. The van der Waals surface area contributed by atoms with Gasteiger partial charge in [-0.25, -0.2) is 0 Å². The summed E-state index contributed by atoms with van der Waals surface area (Å²) in [5.41, 5.74) is 3.66. The van der Waals surface area contributed by atoms with E-state index in [0.717, 1.165) is 59.0 Å². The fraction of sp³-hybridized carbons (Fsp3) is 0.452. The van der Waals surface area contributed by atoms with E-state index in [1.54, 1.807) is 11.8 Å². The molecule has 4 aliphatic rings. The number of fused-ring (bicyclic) bond motifs is 2. The second-order valence-corrected chi connectivity index (χ2v) is 20.6. The Hall–Kier alpha value is -4.85. The Bertz CT molecular complexity index is 2090. The fourth-order valence-corrected chi connectivity index (χ4v) is 13.7. The number of hydrogen-bond acceptors (Lipinski definition) is 8. The highest BCUT2D eigenvalue weighted by atomic mass is 28.3. The van der Waals surface area contributed by atoms with Gasteiger partial charge in [0.1, 0.15) is 5.75 Å². The maximum Gasteiger partial charge on any atom is 0.264 e. The summed E-state index contributed by atoms with van der Waals surface area (Å²) in [5.74, 6) is 0.701. The van der Waals surface area contributed by atoms with Crippen LogP contribution >= 0.6 is 0 Å². The predicted octanol–water partition coefficient (Wildman–Crippen LogP) is 4.93. The lowest BCUT2D eigenvalue weighted by atomic mass is 9.82. The van der Waals surface area contributed by atoms with Gasteiger partial charge in [-0.1, -0.05) is 54.7 Å². The number of methoxy groups -OCH3 is 1. The second-order valence-electron chi connectivity index (χ2n) is 15.9. The van der Waals surface area contributed by atoms with Gasteiger partial charge in [-0.2, -0.15) is 0 Å². The number of hydrogen-bond donors (Lipinski definition) is 1. The van der Waals surface area contributed by atoms with Crippen molar-refractivity contribution in [1.82, 2.24) is 15.0 Å². The highest BCUT2D eigenvalue weighted by Gasteiger charge is 2.66. The molecule has 4 atom stereocenters. The Morgan fingerprint density at radius 2 is 1.60 bits per heavy atom. The Morgan fingerprint density at radius 3 is 2.24 bits per heavy atom. The first-order chi connectivity index (χ1) is 26.5. The van der Waals surface area contributed by atoms with Crippen LogP contribution in [0.25, 0.3) is 0 Å². The average molecular weight is 763 g/mol. The van der Waals surface area contributed by atoms with Gasteiger partial charge in [0, 0.05) is 74.6 Å². The minimum Gasteiger partial charge on any atom is -0.497 e. The number of aryl methyl sites for hydroxylation is 1. The van der Waals surface area contributed by atoms with Gasteiger partial charge in [-0.3, -0.25) is 19.1 Å². The number of aliphatic hydroxyl groups is 1. The summed E-state index contributed by atoms with van der Waals surface area (Å²) in [7, 11) is -0.727. The van der Waals surface area contributed by atoms with E-state index in [4.69, 9.17) is 9.47 Å². The Balaban J connectivity index is 1.19. The van der Waals surface area contributed by atoms with Crippen molar-refractivity contribution in [1.29, 1.82) is 0 Å². The summed E-state index contributed by atoms with van der Waals surface area (Å²) < 4.78 is 14.7. The summed E-state index contributed by atoms with van der Waals surface area (Å²) in [6, 6.07) is 22.3. The topological polar surface area (TPSA) is 130 Å². The molecule has 5 heterocycles. The highest BCUT2D eigenvalue weighted by molar-refractivity contribution is 6.91. The van der Waals surface area contributed by atoms with E-state index in [1.165, 1.54) is 5.19 Å². The summed E-state index contributed by atoms with van der Waals surface area (Å²) >= 11 is 0. The molecule has 1 aromatic heterocycles. The van der Waals surface area contributed by atoms with E-state index in [2.05, 4.69) is 42.5 Å². The van der Waals surface area contributed by atoms with Gasteiger partial charge < -0.3 is 29.3 Å². The van der Waals surface area contributed by atoms with Crippen LogP contribution in [0.4, 0.5) is 17.1 Å². The number of rotatable bonds is 12. The molecule has 12 nitrogen and oxygen atoms in total. The second kappa shape index (κ2) is 14.7. The van der Waals surface area contributed by atoms with Crippen LogP contribution in [0, 0.1) is 5.92 Å². The SMILES string of the molecule is COc1ccc([Si](C)(C)[C@@H]2[C@@H](CCn3cc(CCO)nn3)O[C@]3(C(=O)N(Cc4ccc(N5CCCC5=O)cc4)c4ccc(N5CCCC5=O)cc43)[C@H]2C)cc1. The summed E-state index contributed by atoms with van der Waals surface area (Å²) in [5, 5.41) is 19.3. The zero-order valence-electron chi connectivity index (χ0n) is 32.1. The molecule has 0 aliphatic carbocycles. The van der Waals surface area contributed by atoms with Crippen molar-refractivity contribution >= 4 is 48.0 Å². The molecule has 0 radical (unpaired) electrons. The zero-order valence-corrected chi connectivity index (χ0v) is 33.1. The summed E-state index contributed by atoms with van der Waals surface area (Å²) in [6.07, 6.45) is 5.34. The van der Waals surface area contributed by atoms with Crippen LogP contribution in [-0.2, 0) is 44.2 Å². The molecule has 3 amide bonds. The van der Waals surface area contributed by atoms with Gasteiger partial charge in [-0.05, 0) is 72.8 Å². The molecule has 0 bridgehead atoms. The van der Waals surface area contributed by atoms with Crippen LogP contribution in [0.5, 0.6) is 5.75 Å². The smallest absolute Gasteiger partial charge is 0.264 e. The predicted molar refractivity (Wildman–Crippen MR) is 212 cm³/mol. The first-order valence-corrected chi connectivity index (χ1v) is 22.6. The van der Waals surface area contributed by atoms with Gasteiger partial charge in [0.2, 0.25) is 11.8 Å². The number of aliphatic hydroxyl groups excluding tert-OH is 1. The number of carbonyl (C=O) groups is 3. The van der Waals surface area contributed by atoms with E-state index in [1.807, 2.05) is 75.5 Å². The molecule has 4 aromatic rings. The Kier molecular flexibility index (Phi) is 9.89. The van der Waals surface area contributed by atoms with Crippen molar-refractivity contribution in [2.75, 3.05) is 41.5 Å². The quantitative estimate of drug-likeness (QED) is 0.201. The first-order valence-electron chi connectivity index (χ1n) is 19.5. The largest absolute Gasteiger partial charge is 0.497 e. The van der Waals surface area contributed by atoms with Gasteiger partial charge in [0.25, 0.3) is 5.91 Å². The molecule has 0 saturated carbocycles. The Morgan fingerprint density at radius 1 is 0.927 bits per heavy atom. The monoisotopic (exact) mass is 762 g/mol. The van der Waals surface area contributed by atoms with Crippen LogP contribution in [0.15, 0.2) is 72.9 Å². The number of carbonyl (C=O) groups excluding carboxylic acids is 3. The van der Waals surface area contributed by atoms with Crippen LogP contribution in [-0.4, -0.2) is 78.8 Å². The van der Waals surface area contributed by atoms with Crippen LogP contribution < -0.4 is 24.6 Å². The van der Waals surface area contributed by atoms with Crippen molar-refractivity contribution in [3.05, 3.63) is 89.7 Å². The van der Waals surface area contributed by atoms with Crippen LogP contribution in [0.2, 0.25) is 18.6 Å². The minimum atomic E-state index is -2.40. The third-order valence-electron chi connectivity index (χ3n) is 12.5. The number of benzene rings is 3. The van der Waals surface area contributed by atoms with Crippen LogP contribution in [0.3, 0.4) is 0 Å². The van der Waals surface area contributed by atoms with Gasteiger partial charge in [0.05, 0.1) is 39.2 Å². The molecule has 8 rings (SSSR count). The number of amides is 3. The molecule has 4 aliphatic heterocycles. The standard InChI is InChI=1S/C42H50N6O6Si/c1-28-40(55(3,4)34-16-14-33(53-2)15-17-34)37(19-23-45-27-30(20-24-49)43-44-45)54-42(28)35-25-32(47-22-6-8-39(47)51)13-18-36(35)48(41(42)52)26-29-9-11-31(12-10-29)46-21-5-7-38(46)50/h9-18,25,27-28,37,40,49H,5-8,19-24,26H2,1-4H3/t28-,37+,40-,42+/m0/s1. The maximum atomic E-state index is 15.4. The summed E-state index contributed by atoms with van der Waals surface area (Å²) in [4.78, 5) is 46.4. The molecular formula is C42H50N6O6Si. The lowest BCUT2D eigenvalue weighted by Crippen LogP contribution is -2.51. The lowest BCUT2D eigenvalue weighted by molar-refractivity contribution is -0.146.